The Kier molecular flexibility index (Phi) is 17.5. The zero-order valence-electron chi connectivity index (χ0n) is 46.1. The smallest absolute Gasteiger partial charge is 0.261 e. The van der Waals surface area contributed by atoms with E-state index in [4.69, 9.17) is 28.9 Å². The van der Waals surface area contributed by atoms with Crippen LogP contribution in [0.25, 0.3) is 0 Å². The lowest BCUT2D eigenvalue weighted by Crippen LogP contribution is -2.50. The molecule has 21 heteroatoms. The molecule has 0 fully saturated rings. The van der Waals surface area contributed by atoms with E-state index in [9.17, 15) is 38.4 Å². The number of amides is 8. The molecule has 5 aliphatic rings. The molecule has 4 atom stereocenters. The van der Waals surface area contributed by atoms with Gasteiger partial charge in [0.05, 0.1) is 48.8 Å². The van der Waals surface area contributed by atoms with Gasteiger partial charge in [-0.05, 0) is 98.4 Å². The third-order valence-corrected chi connectivity index (χ3v) is 14.4. The second-order valence-electron chi connectivity index (χ2n) is 20.1. The number of imide groups is 1. The third-order valence-electron chi connectivity index (χ3n) is 14.4. The first-order valence-corrected chi connectivity index (χ1v) is 26.9. The maximum absolute atomic E-state index is 14.2. The van der Waals surface area contributed by atoms with Crippen LogP contribution in [0.15, 0.2) is 125 Å². The third kappa shape index (κ3) is 12.5. The highest BCUT2D eigenvalue weighted by atomic mass is 16.5. The zero-order valence-corrected chi connectivity index (χ0v) is 46.1. The number of para-hydroxylation sites is 1. The van der Waals surface area contributed by atoms with Crippen molar-refractivity contribution in [2.75, 3.05) is 37.5 Å². The fourth-order valence-corrected chi connectivity index (χ4v) is 10.3. The molecule has 8 amide bonds. The van der Waals surface area contributed by atoms with Crippen LogP contribution < -0.4 is 45.1 Å². The summed E-state index contributed by atoms with van der Waals surface area (Å²) >= 11 is 0. The van der Waals surface area contributed by atoms with Gasteiger partial charge in [-0.15, -0.1) is 0 Å². The molecule has 21 nitrogen and oxygen atoms in total. The molecule has 4 N–H and O–H groups in total. The number of hydrogen-bond donors (Lipinski definition) is 4. The molecule has 5 heterocycles. The van der Waals surface area contributed by atoms with E-state index in [2.05, 4.69) is 27.8 Å². The van der Waals surface area contributed by atoms with Crippen LogP contribution in [0.2, 0.25) is 0 Å². The van der Waals surface area contributed by atoms with E-state index in [0.717, 1.165) is 21.7 Å². The average molecular weight is 1110 g/mol. The number of rotatable bonds is 23. The molecular weight excluding hydrogens is 1050 g/mol. The van der Waals surface area contributed by atoms with Crippen molar-refractivity contribution >= 4 is 82.4 Å². The summed E-state index contributed by atoms with van der Waals surface area (Å²) in [5.74, 6) is -2.07. The van der Waals surface area contributed by atoms with Crippen molar-refractivity contribution in [1.82, 2.24) is 25.8 Å². The molecule has 0 saturated carbocycles. The fourth-order valence-electron chi connectivity index (χ4n) is 10.3. The molecular formula is C61H63N9O12. The summed E-state index contributed by atoms with van der Waals surface area (Å²) in [5.41, 5.74) is 6.52. The van der Waals surface area contributed by atoms with Crippen LogP contribution in [0.4, 0.5) is 22.7 Å². The van der Waals surface area contributed by atoms with Crippen molar-refractivity contribution in [1.29, 1.82) is 0 Å². The predicted octanol–water partition coefficient (Wildman–Crippen LogP) is 6.65. The second-order valence-corrected chi connectivity index (χ2v) is 20.1. The number of unbranched alkanes of at least 4 members (excludes halogenated alkanes) is 1. The SMILES string of the molecule is C=CC1=C(/C=C\C)C[C@H]2C=Nc3cc(OCc4cc(COc5cc6c(cc5OC)C(=O)N5c7ccccc7C[C@H]5C=N6)cc(NC(=O)[C@H](C)NC(=O)[C@H](C)NC(=O)CCCCC(=O)NCCN5C(=O)C=CC5=O)c4)c(OC)cc3C(=O)N12. The minimum Gasteiger partial charge on any atom is -0.493 e. The van der Waals surface area contributed by atoms with Gasteiger partial charge in [0.1, 0.15) is 25.3 Å². The summed E-state index contributed by atoms with van der Waals surface area (Å²) in [6.45, 7) is 8.91. The number of benzene rings is 4. The molecule has 82 heavy (non-hydrogen) atoms. The van der Waals surface area contributed by atoms with Gasteiger partial charge in [-0.25, -0.2) is 0 Å². The maximum Gasteiger partial charge on any atom is 0.261 e. The molecule has 0 bridgehead atoms. The number of carbonyl (C=O) groups excluding carboxylic acids is 8. The number of methoxy groups -OCH3 is 2. The highest BCUT2D eigenvalue weighted by Crippen LogP contribution is 2.43. The topological polar surface area (TPSA) is 256 Å². The van der Waals surface area contributed by atoms with Crippen LogP contribution in [0, 0.1) is 0 Å². The van der Waals surface area contributed by atoms with E-state index in [1.165, 1.54) is 40.2 Å². The van der Waals surface area contributed by atoms with E-state index in [-0.39, 0.29) is 74.7 Å². The Labute approximate surface area is 473 Å². The van der Waals surface area contributed by atoms with Crippen LogP contribution >= 0.6 is 0 Å². The lowest BCUT2D eigenvalue weighted by Gasteiger charge is -2.23. The molecule has 0 spiro atoms. The van der Waals surface area contributed by atoms with Crippen molar-refractivity contribution in [3.05, 3.63) is 143 Å². The number of nitrogens with one attached hydrogen (secondary N) is 4. The van der Waals surface area contributed by atoms with Gasteiger partial charge >= 0.3 is 0 Å². The number of carbonyl (C=O) groups is 8. The Hall–Kier alpha value is -9.66. The summed E-state index contributed by atoms with van der Waals surface area (Å²) in [4.78, 5) is 118. The minimum atomic E-state index is -1.07. The van der Waals surface area contributed by atoms with Gasteiger partial charge in [-0.1, -0.05) is 36.9 Å². The average Bonchev–Trinajstić information content (AvgIpc) is 3.66. The van der Waals surface area contributed by atoms with Crippen molar-refractivity contribution in [3.63, 3.8) is 0 Å². The largest absolute Gasteiger partial charge is 0.493 e. The van der Waals surface area contributed by atoms with E-state index in [0.29, 0.717) is 87.9 Å². The Balaban J connectivity index is 0.872. The predicted molar refractivity (Wildman–Crippen MR) is 306 cm³/mol. The molecule has 5 aliphatic heterocycles. The number of ether oxygens (including phenoxy) is 4. The van der Waals surface area contributed by atoms with Crippen LogP contribution in [-0.4, -0.2) is 121 Å². The van der Waals surface area contributed by atoms with Crippen LogP contribution in [0.5, 0.6) is 23.0 Å². The molecule has 0 radical (unpaired) electrons. The van der Waals surface area contributed by atoms with Crippen molar-refractivity contribution in [2.45, 2.75) is 96.7 Å². The number of fused-ring (bicyclic) bond motifs is 6. The zero-order chi connectivity index (χ0) is 58.2. The Morgan fingerprint density at radius 3 is 1.88 bits per heavy atom. The molecule has 0 aliphatic carbocycles. The van der Waals surface area contributed by atoms with E-state index >= 15 is 0 Å². The first kappa shape index (κ1) is 57.0. The van der Waals surface area contributed by atoms with E-state index < -0.39 is 41.6 Å². The van der Waals surface area contributed by atoms with E-state index in [1.807, 2.05) is 49.4 Å². The number of allylic oxidation sites excluding steroid dienone is 3. The van der Waals surface area contributed by atoms with Gasteiger partial charge in [0, 0.05) is 92.6 Å². The molecule has 0 unspecified atom stereocenters. The van der Waals surface area contributed by atoms with Crippen LogP contribution in [0.3, 0.4) is 0 Å². The fraction of sp³-hybridized carbons (Fsp3) is 0.311. The quantitative estimate of drug-likeness (QED) is 0.0450. The first-order chi connectivity index (χ1) is 39.6. The second kappa shape index (κ2) is 25.2. The number of aliphatic imine (C=N–C) groups is 2. The van der Waals surface area contributed by atoms with E-state index in [1.54, 1.807) is 64.7 Å². The molecule has 4 aromatic rings. The normalized spacial score (nSPS) is 17.3. The van der Waals surface area contributed by atoms with Crippen molar-refractivity contribution in [3.8, 4) is 23.0 Å². The first-order valence-electron chi connectivity index (χ1n) is 26.9. The highest BCUT2D eigenvalue weighted by molar-refractivity contribution is 6.15. The Morgan fingerprint density at radius 2 is 1.28 bits per heavy atom. The summed E-state index contributed by atoms with van der Waals surface area (Å²) in [5, 5.41) is 10.8. The van der Waals surface area contributed by atoms with Crippen LogP contribution in [-0.2, 0) is 48.4 Å². The molecule has 9 rings (SSSR count). The lowest BCUT2D eigenvalue weighted by atomic mass is 10.1. The Bertz CT molecular complexity index is 3420. The van der Waals surface area contributed by atoms with Crippen molar-refractivity contribution in [2.24, 2.45) is 9.98 Å². The molecule has 424 valence electrons. The summed E-state index contributed by atoms with van der Waals surface area (Å²) in [6.07, 6.45) is 13.5. The maximum atomic E-state index is 14.2. The van der Waals surface area contributed by atoms with Gasteiger partial charge < -0.3 is 40.2 Å². The monoisotopic (exact) mass is 1110 g/mol. The van der Waals surface area contributed by atoms with Crippen LogP contribution in [0.1, 0.15) is 90.3 Å². The van der Waals surface area contributed by atoms with Gasteiger partial charge in [0.15, 0.2) is 23.0 Å². The molecule has 0 saturated heterocycles. The van der Waals surface area contributed by atoms with Crippen molar-refractivity contribution < 1.29 is 57.3 Å². The standard InChI is InChI=1S/C61H63N9O12/c1-7-13-39-25-42-31-63-46-29-52(50(79-5)27-44(46)60(77)69(42)48(39)8-2)81-33-37-22-38(34-82-53-30-47-45(28-51(53)80-6)61(78)70-43(32-64-47)26-40-14-9-10-15-49(40)70)24-41(23-37)67-59(76)36(4)66-58(75)35(3)65-55(72)17-12-11-16-54(71)62-20-21-68-56(73)18-19-57(68)74/h7-10,13-15,18-19,22-24,27-32,35-36,42-43H,2,11-12,16-17,20-21,25-26,33-34H2,1,3-6H3,(H,62,71)(H,65,72)(H,66,75)(H,67,76)/b13-7-/t35-,36-,42-,43-/m0/s1. The molecule has 0 aromatic heterocycles. The summed E-state index contributed by atoms with van der Waals surface area (Å²) in [6, 6.07) is 16.9. The van der Waals surface area contributed by atoms with Gasteiger partial charge in [0.2, 0.25) is 23.6 Å². The molecule has 4 aromatic carbocycles. The summed E-state index contributed by atoms with van der Waals surface area (Å²) in [7, 11) is 2.95. The number of anilines is 2. The number of hydrogen-bond acceptors (Lipinski definition) is 14. The van der Waals surface area contributed by atoms with Gasteiger partial charge in [-0.3, -0.25) is 63.0 Å². The highest BCUT2D eigenvalue weighted by Gasteiger charge is 2.38. The Morgan fingerprint density at radius 1 is 0.707 bits per heavy atom. The van der Waals surface area contributed by atoms with Gasteiger partial charge in [-0.2, -0.15) is 0 Å². The minimum absolute atomic E-state index is 0.0374. The lowest BCUT2D eigenvalue weighted by molar-refractivity contribution is -0.137. The number of nitrogens with zero attached hydrogens (tertiary/aromatic N) is 5. The summed E-state index contributed by atoms with van der Waals surface area (Å²) < 4.78 is 24.4. The van der Waals surface area contributed by atoms with Gasteiger partial charge in [0.25, 0.3) is 23.6 Å².